The summed E-state index contributed by atoms with van der Waals surface area (Å²) < 4.78 is 296. The smallest absolute Gasteiger partial charge is 0.200 e. The van der Waals surface area contributed by atoms with E-state index in [4.69, 9.17) is 0 Å². The van der Waals surface area contributed by atoms with Gasteiger partial charge in [-0.1, -0.05) is 54.6 Å². The van der Waals surface area contributed by atoms with Crippen molar-refractivity contribution in [3.8, 4) is 0 Å². The zero-order valence-corrected chi connectivity index (χ0v) is 32.7. The van der Waals surface area contributed by atoms with Gasteiger partial charge >= 0.3 is 0 Å². The summed E-state index contributed by atoms with van der Waals surface area (Å²) in [6, 6.07) is 20.0. The minimum atomic E-state index is -7.22. The summed E-state index contributed by atoms with van der Waals surface area (Å²) in [5, 5.41) is 8.05. The van der Waals surface area contributed by atoms with Crippen LogP contribution in [0.5, 0.6) is 0 Å². The van der Waals surface area contributed by atoms with Crippen molar-refractivity contribution in [1.29, 1.82) is 0 Å². The summed E-state index contributed by atoms with van der Waals surface area (Å²) in [6.07, 6.45) is 0.465. The highest BCUT2D eigenvalue weighted by Crippen LogP contribution is 2.36. The standard InChI is InChI=1S/C24BF20.C21H15N2/c26-5-1(6(27)14(35)21(42)13(5)34)25(2-7(28)15(36)22(43)16(37)8(2)29,3-9(30)17(38)23(44)18(39)10(3)31)4-11(32)19(40)24(45)20(41)12(4)33;1-2-15-4-5-17-6-7-18(14-23-12-10-22-11-13-23)19-9-8-16(3-1)20(15)21(17)19/h;1-13H,14H2/q-1;+1. The Bertz CT molecular complexity index is 3150. The van der Waals surface area contributed by atoms with Gasteiger partial charge in [-0.2, -0.15) is 4.57 Å². The van der Waals surface area contributed by atoms with Crippen molar-refractivity contribution in [1.82, 2.24) is 4.98 Å². The lowest BCUT2D eigenvalue weighted by Crippen LogP contribution is -2.81. The highest BCUT2D eigenvalue weighted by atomic mass is 19.2. The number of aromatic nitrogens is 2. The number of nitrogens with zero attached hydrogens (tertiary/aromatic N) is 2. The van der Waals surface area contributed by atoms with Gasteiger partial charge in [0.15, 0.2) is 88.7 Å². The van der Waals surface area contributed by atoms with Gasteiger partial charge in [-0.3, -0.25) is 4.98 Å². The van der Waals surface area contributed by atoms with Gasteiger partial charge in [-0.25, -0.2) is 87.8 Å². The minimum absolute atomic E-state index is 0.858. The first-order chi connectivity index (χ1) is 32.1. The molecule has 0 aliphatic carbocycles. The zero-order chi connectivity index (χ0) is 49.6. The van der Waals surface area contributed by atoms with Crippen LogP contribution in [0, 0.1) is 116 Å². The Morgan fingerprint density at radius 2 is 0.603 bits per heavy atom. The van der Waals surface area contributed by atoms with Crippen LogP contribution in [-0.2, 0) is 6.54 Å². The average molecular weight is 974 g/mol. The van der Waals surface area contributed by atoms with E-state index < -0.39 is 144 Å². The molecule has 0 amide bonds. The lowest BCUT2D eigenvalue weighted by atomic mass is 9.12. The van der Waals surface area contributed by atoms with Crippen LogP contribution in [0.25, 0.3) is 32.3 Å². The molecule has 1 aromatic heterocycles. The molecule has 9 aromatic rings. The molecule has 9 rings (SSSR count). The van der Waals surface area contributed by atoms with E-state index in [1.54, 1.807) is 0 Å². The molecule has 8 aromatic carbocycles. The first kappa shape index (κ1) is 47.1. The normalized spacial score (nSPS) is 11.9. The Kier molecular flexibility index (Phi) is 11.8. The fourth-order valence-electron chi connectivity index (χ4n) is 8.46. The molecule has 0 fully saturated rings. The van der Waals surface area contributed by atoms with Crippen molar-refractivity contribution >= 4 is 60.3 Å². The molecule has 2 nitrogen and oxygen atoms in total. The molecule has 0 unspecified atom stereocenters. The summed E-state index contributed by atoms with van der Waals surface area (Å²) in [5.41, 5.74) is -13.0. The van der Waals surface area contributed by atoms with Gasteiger partial charge in [0.05, 0.1) is 12.4 Å². The summed E-state index contributed by atoms with van der Waals surface area (Å²) in [5.74, 6) is -71.4. The molecule has 0 saturated heterocycles. The fraction of sp³-hybridized carbons (Fsp3) is 0.0222. The summed E-state index contributed by atoms with van der Waals surface area (Å²) in [6.45, 7) is 0.858. The second kappa shape index (κ2) is 17.0. The molecule has 68 heavy (non-hydrogen) atoms. The molecule has 0 radical (unpaired) electrons. The third kappa shape index (κ3) is 6.74. The summed E-state index contributed by atoms with van der Waals surface area (Å²) in [4.78, 5) is 4.10. The number of benzene rings is 8. The van der Waals surface area contributed by atoms with E-state index in [2.05, 4.69) is 64.1 Å². The third-order valence-corrected chi connectivity index (χ3v) is 11.4. The molecule has 0 bridgehead atoms. The van der Waals surface area contributed by atoms with Crippen LogP contribution >= 0.6 is 0 Å². The van der Waals surface area contributed by atoms with Gasteiger partial charge in [0.2, 0.25) is 0 Å². The van der Waals surface area contributed by atoms with Gasteiger partial charge < -0.3 is 0 Å². The van der Waals surface area contributed by atoms with Crippen LogP contribution in [0.2, 0.25) is 0 Å². The Balaban J connectivity index is 0.000000224. The largest absolute Gasteiger partial charge is 0.252 e. The van der Waals surface area contributed by atoms with Gasteiger partial charge in [0.1, 0.15) is 52.7 Å². The van der Waals surface area contributed by atoms with Crippen molar-refractivity contribution in [3.05, 3.63) is 201 Å². The van der Waals surface area contributed by atoms with E-state index >= 15 is 35.1 Å². The minimum Gasteiger partial charge on any atom is -0.252 e. The van der Waals surface area contributed by atoms with E-state index in [1.807, 2.05) is 24.8 Å². The molecule has 0 atom stereocenters. The van der Waals surface area contributed by atoms with Crippen molar-refractivity contribution in [2.24, 2.45) is 0 Å². The van der Waals surface area contributed by atoms with Gasteiger partial charge in [0, 0.05) is 5.56 Å². The highest BCUT2D eigenvalue weighted by molar-refractivity contribution is 7.20. The molecule has 0 aliphatic heterocycles. The fourth-order valence-corrected chi connectivity index (χ4v) is 8.46. The van der Waals surface area contributed by atoms with E-state index in [0.717, 1.165) is 6.54 Å². The summed E-state index contributed by atoms with van der Waals surface area (Å²) >= 11 is 0. The van der Waals surface area contributed by atoms with E-state index in [1.165, 1.54) is 37.9 Å². The molecular weight excluding hydrogens is 959 g/mol. The maximum Gasteiger partial charge on any atom is 0.200 e. The quantitative estimate of drug-likeness (QED) is 0.0405. The van der Waals surface area contributed by atoms with Crippen LogP contribution < -0.4 is 26.4 Å². The van der Waals surface area contributed by atoms with Crippen LogP contribution in [0.4, 0.5) is 87.8 Å². The molecule has 0 spiro atoms. The Morgan fingerprint density at radius 3 is 0.941 bits per heavy atom. The maximum atomic E-state index is 15.4. The first-order valence-corrected chi connectivity index (χ1v) is 18.8. The second-order valence-corrected chi connectivity index (χ2v) is 14.8. The van der Waals surface area contributed by atoms with E-state index in [9.17, 15) is 52.7 Å². The van der Waals surface area contributed by atoms with E-state index in [-0.39, 0.29) is 0 Å². The number of hydrogen-bond acceptors (Lipinski definition) is 1. The van der Waals surface area contributed by atoms with Gasteiger partial charge in [-0.15, -0.1) is 21.9 Å². The van der Waals surface area contributed by atoms with Crippen LogP contribution in [0.3, 0.4) is 0 Å². The predicted molar refractivity (Wildman–Crippen MR) is 203 cm³/mol. The molecule has 0 saturated carbocycles. The molecule has 23 heteroatoms. The number of rotatable bonds is 6. The Hall–Kier alpha value is -7.46. The van der Waals surface area contributed by atoms with Crippen LogP contribution in [-0.4, -0.2) is 11.1 Å². The van der Waals surface area contributed by atoms with E-state index in [0.29, 0.717) is 0 Å². The predicted octanol–water partition coefficient (Wildman–Crippen LogP) is 10.2. The monoisotopic (exact) mass is 974 g/mol. The maximum absolute atomic E-state index is 15.4. The SMILES string of the molecule is Fc1c(F)c(F)c([B-](c2c(F)c(F)c(F)c(F)c2F)(c2c(F)c(F)c(F)c(F)c2F)c2c(F)c(F)c(F)c(F)c2F)c(F)c1F.c1cc2ccc3ccc(C[n+]4ccncc4)c4ccc(c1)c2c34. The van der Waals surface area contributed by atoms with Crippen LogP contribution in [0.15, 0.2) is 79.4 Å². The summed E-state index contributed by atoms with van der Waals surface area (Å²) in [7, 11) is 0. The average Bonchev–Trinajstić information content (AvgIpc) is 3.34. The topological polar surface area (TPSA) is 16.8 Å². The Labute approximate surface area is 365 Å². The molecular formula is C45H15BF20N2. The van der Waals surface area contributed by atoms with Crippen molar-refractivity contribution in [3.63, 3.8) is 0 Å². The molecule has 0 N–H and O–H groups in total. The molecule has 1 heterocycles. The zero-order valence-electron chi connectivity index (χ0n) is 32.7. The van der Waals surface area contributed by atoms with Crippen molar-refractivity contribution in [2.45, 2.75) is 6.54 Å². The van der Waals surface area contributed by atoms with Crippen molar-refractivity contribution in [2.75, 3.05) is 0 Å². The molecule has 348 valence electrons. The van der Waals surface area contributed by atoms with Gasteiger partial charge in [-0.05, 0) is 32.3 Å². The van der Waals surface area contributed by atoms with Crippen LogP contribution in [0.1, 0.15) is 5.56 Å². The van der Waals surface area contributed by atoms with Gasteiger partial charge in [0.25, 0.3) is 0 Å². The highest BCUT2D eigenvalue weighted by Gasteiger charge is 2.52. The molecule has 0 aliphatic rings. The first-order valence-electron chi connectivity index (χ1n) is 18.8. The number of halogens is 20. The van der Waals surface area contributed by atoms with Crippen molar-refractivity contribution < 1.29 is 92.4 Å². The second-order valence-electron chi connectivity index (χ2n) is 14.8. The number of hydrogen-bond donors (Lipinski definition) is 0. The Morgan fingerprint density at radius 1 is 0.324 bits per heavy atom. The third-order valence-electron chi connectivity index (χ3n) is 11.4. The lowest BCUT2D eigenvalue weighted by molar-refractivity contribution is -0.688. The lowest BCUT2D eigenvalue weighted by Gasteiger charge is -2.44.